The molecule has 1 saturated heterocycles. The van der Waals surface area contributed by atoms with Gasteiger partial charge in [0.25, 0.3) is 0 Å². The molecule has 3 unspecified atom stereocenters. The van der Waals surface area contributed by atoms with Crippen LogP contribution in [0, 0.1) is 17.8 Å². The summed E-state index contributed by atoms with van der Waals surface area (Å²) < 4.78 is 0. The van der Waals surface area contributed by atoms with Crippen molar-refractivity contribution in [3.8, 4) is 0 Å². The smallest absolute Gasteiger partial charge is 0.243 e. The zero-order chi connectivity index (χ0) is 20.3. The van der Waals surface area contributed by atoms with E-state index in [0.29, 0.717) is 6.04 Å². The molecule has 3 fully saturated rings. The molecule has 0 radical (unpaired) electrons. The molecule has 2 N–H and O–H groups in total. The third-order valence-electron chi connectivity index (χ3n) is 6.57. The fraction of sp³-hybridized carbons (Fsp3) is 0.857. The lowest BCUT2D eigenvalue weighted by Gasteiger charge is -2.35. The fourth-order valence-electron chi connectivity index (χ4n) is 4.82. The summed E-state index contributed by atoms with van der Waals surface area (Å²) in [5.41, 5.74) is 0. The summed E-state index contributed by atoms with van der Waals surface area (Å²) in [4.78, 5) is 32.3. The van der Waals surface area contributed by atoms with Crippen LogP contribution in [0.4, 0.5) is 0 Å². The molecule has 0 aromatic carbocycles. The summed E-state index contributed by atoms with van der Waals surface area (Å²) in [7, 11) is 3.52. The van der Waals surface area contributed by atoms with Gasteiger partial charge in [0.15, 0.2) is 5.96 Å². The molecule has 2 amide bonds. The quantitative estimate of drug-likeness (QED) is 0.549. The molecule has 0 aromatic rings. The van der Waals surface area contributed by atoms with Gasteiger partial charge in [0, 0.05) is 45.2 Å². The van der Waals surface area contributed by atoms with Crippen molar-refractivity contribution < 1.29 is 9.59 Å². The van der Waals surface area contributed by atoms with Crippen LogP contribution in [0.2, 0.25) is 0 Å². The SMILES string of the molecule is CC(C)C(=O)N1CCC(NC(=NCC(=O)N(C)C)NC2CC3CCC2C3)CC1. The molecule has 7 nitrogen and oxygen atoms in total. The average Bonchev–Trinajstić information content (AvgIpc) is 3.28. The Bertz CT molecular complexity index is 596. The van der Waals surface area contributed by atoms with Gasteiger partial charge in [-0.1, -0.05) is 20.3 Å². The van der Waals surface area contributed by atoms with E-state index in [1.165, 1.54) is 25.7 Å². The normalized spacial score (nSPS) is 28.0. The number of carbonyl (C=O) groups is 2. The lowest BCUT2D eigenvalue weighted by atomic mass is 9.95. The summed E-state index contributed by atoms with van der Waals surface area (Å²) in [5, 5.41) is 7.18. The van der Waals surface area contributed by atoms with Gasteiger partial charge in [0.2, 0.25) is 11.8 Å². The zero-order valence-electron chi connectivity index (χ0n) is 17.9. The van der Waals surface area contributed by atoms with Crippen molar-refractivity contribution in [1.82, 2.24) is 20.4 Å². The van der Waals surface area contributed by atoms with E-state index in [2.05, 4.69) is 15.6 Å². The fourth-order valence-corrected chi connectivity index (χ4v) is 4.82. The second-order valence-corrected chi connectivity index (χ2v) is 9.28. The Kier molecular flexibility index (Phi) is 6.83. The van der Waals surface area contributed by atoms with Crippen molar-refractivity contribution in [2.24, 2.45) is 22.7 Å². The van der Waals surface area contributed by atoms with Crippen LogP contribution in [-0.4, -0.2) is 73.4 Å². The number of fused-ring (bicyclic) bond motifs is 2. The minimum Gasteiger partial charge on any atom is -0.354 e. The van der Waals surface area contributed by atoms with Crippen LogP contribution in [0.3, 0.4) is 0 Å². The zero-order valence-corrected chi connectivity index (χ0v) is 17.9. The Morgan fingerprint density at radius 2 is 1.79 bits per heavy atom. The van der Waals surface area contributed by atoms with Crippen molar-refractivity contribution in [2.45, 2.75) is 64.5 Å². The molecule has 2 saturated carbocycles. The van der Waals surface area contributed by atoms with Crippen LogP contribution in [0.1, 0.15) is 52.4 Å². The third kappa shape index (κ3) is 5.17. The van der Waals surface area contributed by atoms with Crippen molar-refractivity contribution >= 4 is 17.8 Å². The van der Waals surface area contributed by atoms with E-state index in [-0.39, 0.29) is 30.3 Å². The van der Waals surface area contributed by atoms with Crippen LogP contribution < -0.4 is 10.6 Å². The molecule has 3 aliphatic rings. The highest BCUT2D eigenvalue weighted by Gasteiger charge is 2.40. The summed E-state index contributed by atoms with van der Waals surface area (Å²) >= 11 is 0. The van der Waals surface area contributed by atoms with E-state index in [1.54, 1.807) is 19.0 Å². The number of likely N-dealkylation sites (tertiary alicyclic amines) is 1. The van der Waals surface area contributed by atoms with Crippen LogP contribution in [0.15, 0.2) is 4.99 Å². The first-order valence-electron chi connectivity index (χ1n) is 10.9. The van der Waals surface area contributed by atoms with Gasteiger partial charge in [-0.25, -0.2) is 4.99 Å². The maximum atomic E-state index is 12.2. The summed E-state index contributed by atoms with van der Waals surface area (Å²) in [5.74, 6) is 2.67. The number of hydrogen-bond acceptors (Lipinski definition) is 3. The van der Waals surface area contributed by atoms with E-state index < -0.39 is 0 Å². The summed E-state index contributed by atoms with van der Waals surface area (Å²) in [6.45, 7) is 5.64. The number of likely N-dealkylation sites (N-methyl/N-ethyl adjacent to an activating group) is 1. The van der Waals surface area contributed by atoms with E-state index in [0.717, 1.165) is 43.7 Å². The lowest BCUT2D eigenvalue weighted by Crippen LogP contribution is -2.53. The van der Waals surface area contributed by atoms with Gasteiger partial charge < -0.3 is 20.4 Å². The second-order valence-electron chi connectivity index (χ2n) is 9.28. The van der Waals surface area contributed by atoms with Crippen molar-refractivity contribution in [3.05, 3.63) is 0 Å². The predicted octanol–water partition coefficient (Wildman–Crippen LogP) is 1.45. The Morgan fingerprint density at radius 3 is 2.32 bits per heavy atom. The molecule has 7 heteroatoms. The van der Waals surface area contributed by atoms with Crippen LogP contribution in [-0.2, 0) is 9.59 Å². The van der Waals surface area contributed by atoms with Gasteiger partial charge in [-0.15, -0.1) is 0 Å². The van der Waals surface area contributed by atoms with Crippen molar-refractivity contribution in [2.75, 3.05) is 33.7 Å². The number of carbonyl (C=O) groups excluding carboxylic acids is 2. The molecule has 1 heterocycles. The monoisotopic (exact) mass is 391 g/mol. The number of aliphatic imine (C=N–C) groups is 1. The standard InChI is InChI=1S/C21H37N5O2/c1-14(2)20(28)26-9-7-17(8-10-26)23-21(22-13-19(27)25(3)4)24-18-12-15-5-6-16(18)11-15/h14-18H,5-13H2,1-4H3,(H2,22,23,24). The Balaban J connectivity index is 1.57. The van der Waals surface area contributed by atoms with Gasteiger partial charge in [-0.05, 0) is 43.9 Å². The number of nitrogens with one attached hydrogen (secondary N) is 2. The molecule has 2 bridgehead atoms. The first kappa shape index (κ1) is 20.9. The predicted molar refractivity (Wildman–Crippen MR) is 111 cm³/mol. The van der Waals surface area contributed by atoms with E-state index in [9.17, 15) is 9.59 Å². The van der Waals surface area contributed by atoms with Crippen molar-refractivity contribution in [3.63, 3.8) is 0 Å². The molecule has 158 valence electrons. The largest absolute Gasteiger partial charge is 0.354 e. The number of piperidine rings is 1. The van der Waals surface area contributed by atoms with Gasteiger partial charge >= 0.3 is 0 Å². The molecule has 0 spiro atoms. The van der Waals surface area contributed by atoms with Gasteiger partial charge in [0.05, 0.1) is 0 Å². The highest BCUT2D eigenvalue weighted by Crippen LogP contribution is 2.44. The molecule has 1 aliphatic heterocycles. The molecule has 3 atom stereocenters. The number of rotatable bonds is 5. The average molecular weight is 392 g/mol. The molecule has 3 rings (SSSR count). The molecular weight excluding hydrogens is 354 g/mol. The Hall–Kier alpha value is -1.79. The van der Waals surface area contributed by atoms with Gasteiger partial charge in [-0.3, -0.25) is 9.59 Å². The van der Waals surface area contributed by atoms with E-state index in [1.807, 2.05) is 18.7 Å². The molecule has 28 heavy (non-hydrogen) atoms. The Morgan fingerprint density at radius 1 is 1.07 bits per heavy atom. The molecule has 0 aromatic heterocycles. The van der Waals surface area contributed by atoms with E-state index in [4.69, 9.17) is 0 Å². The Labute approximate surface area is 169 Å². The third-order valence-corrected chi connectivity index (χ3v) is 6.57. The summed E-state index contributed by atoms with van der Waals surface area (Å²) in [6.07, 6.45) is 7.05. The second kappa shape index (κ2) is 9.14. The number of guanidine groups is 1. The maximum absolute atomic E-state index is 12.2. The van der Waals surface area contributed by atoms with Crippen LogP contribution in [0.25, 0.3) is 0 Å². The first-order chi connectivity index (χ1) is 13.3. The minimum absolute atomic E-state index is 0.00592. The van der Waals surface area contributed by atoms with Gasteiger partial charge in [0.1, 0.15) is 6.54 Å². The lowest BCUT2D eigenvalue weighted by molar-refractivity contribution is -0.135. The van der Waals surface area contributed by atoms with Crippen LogP contribution in [0.5, 0.6) is 0 Å². The van der Waals surface area contributed by atoms with Crippen molar-refractivity contribution in [1.29, 1.82) is 0 Å². The topological polar surface area (TPSA) is 77.0 Å². The van der Waals surface area contributed by atoms with E-state index >= 15 is 0 Å². The minimum atomic E-state index is 0.00592. The highest BCUT2D eigenvalue weighted by molar-refractivity contribution is 5.85. The number of nitrogens with zero attached hydrogens (tertiary/aromatic N) is 3. The molecule has 2 aliphatic carbocycles. The number of amides is 2. The molecular formula is C21H37N5O2. The summed E-state index contributed by atoms with van der Waals surface area (Å²) in [6, 6.07) is 0.762. The van der Waals surface area contributed by atoms with Gasteiger partial charge in [-0.2, -0.15) is 0 Å². The highest BCUT2D eigenvalue weighted by atomic mass is 16.2. The maximum Gasteiger partial charge on any atom is 0.243 e. The first-order valence-corrected chi connectivity index (χ1v) is 10.9. The number of hydrogen-bond donors (Lipinski definition) is 2. The van der Waals surface area contributed by atoms with Crippen LogP contribution >= 0.6 is 0 Å².